The van der Waals surface area contributed by atoms with Crippen LogP contribution < -0.4 is 4.74 Å². The first kappa shape index (κ1) is 10.3. The number of fused-ring (bicyclic) bond motifs is 1. The number of hydrogen-bond acceptors (Lipinski definition) is 4. The Balaban J connectivity index is 2.32. The maximum absolute atomic E-state index is 11.3. The van der Waals surface area contributed by atoms with Gasteiger partial charge in [-0.05, 0) is 18.2 Å². The van der Waals surface area contributed by atoms with Gasteiger partial charge in [-0.2, -0.15) is 0 Å². The fourth-order valence-corrected chi connectivity index (χ4v) is 1.73. The van der Waals surface area contributed by atoms with Crippen LogP contribution in [0.4, 0.5) is 0 Å². The van der Waals surface area contributed by atoms with Gasteiger partial charge in [-0.3, -0.25) is 0 Å². The Morgan fingerprint density at radius 2 is 2.40 bits per heavy atom. The molecule has 1 atom stereocenters. The van der Waals surface area contributed by atoms with Crippen LogP contribution in [-0.4, -0.2) is 24.0 Å². The molecule has 0 saturated carbocycles. The van der Waals surface area contributed by atoms with Crippen LogP contribution in [0.2, 0.25) is 5.02 Å². The molecule has 2 rings (SSSR count). The maximum Gasteiger partial charge on any atom is 0.379 e. The Labute approximate surface area is 91.4 Å². The smallest absolute Gasteiger partial charge is 0.379 e. The zero-order valence-corrected chi connectivity index (χ0v) is 8.75. The molecule has 0 aromatic heterocycles. The molecular weight excluding hydrogens is 220 g/mol. The highest BCUT2D eigenvalue weighted by Gasteiger charge is 2.45. The highest BCUT2D eigenvalue weighted by Crippen LogP contribution is 2.35. The molecule has 1 aromatic rings. The molecule has 0 radical (unpaired) electrons. The summed E-state index contributed by atoms with van der Waals surface area (Å²) < 4.78 is 9.58. The van der Waals surface area contributed by atoms with E-state index >= 15 is 0 Å². The lowest BCUT2D eigenvalue weighted by molar-refractivity contribution is -0.192. The molecule has 0 spiro atoms. The Morgan fingerprint density at radius 1 is 1.67 bits per heavy atom. The van der Waals surface area contributed by atoms with Crippen LogP contribution in [0.1, 0.15) is 5.56 Å². The average Bonchev–Trinajstić information content (AvgIpc) is 2.53. The van der Waals surface area contributed by atoms with Gasteiger partial charge in [0.25, 0.3) is 0 Å². The van der Waals surface area contributed by atoms with Crippen LogP contribution >= 0.6 is 11.6 Å². The molecular formula is C10H9ClO4. The lowest BCUT2D eigenvalue weighted by Crippen LogP contribution is -2.44. The van der Waals surface area contributed by atoms with E-state index in [1.165, 1.54) is 7.11 Å². The Kier molecular flexibility index (Phi) is 2.32. The fraction of sp³-hybridized carbons (Fsp3) is 0.300. The van der Waals surface area contributed by atoms with Gasteiger partial charge in [0.15, 0.2) is 0 Å². The highest BCUT2D eigenvalue weighted by atomic mass is 35.5. The predicted molar refractivity (Wildman–Crippen MR) is 52.7 cm³/mol. The second-order valence-electron chi connectivity index (χ2n) is 3.31. The van der Waals surface area contributed by atoms with Crippen molar-refractivity contribution in [2.24, 2.45) is 0 Å². The van der Waals surface area contributed by atoms with E-state index in [1.807, 2.05) is 0 Å². The van der Waals surface area contributed by atoms with Crippen molar-refractivity contribution in [1.82, 2.24) is 0 Å². The van der Waals surface area contributed by atoms with Crippen molar-refractivity contribution in [3.05, 3.63) is 28.8 Å². The standard InChI is InChI=1S/C10H9ClO4/c1-14-9(12)10(13)5-6-4-7(11)2-3-8(6)15-10/h2-4,13H,5H2,1H3. The van der Waals surface area contributed by atoms with Crippen LogP contribution in [0.3, 0.4) is 0 Å². The third-order valence-corrected chi connectivity index (χ3v) is 2.47. The predicted octanol–water partition coefficient (Wildman–Crippen LogP) is 1.14. The van der Waals surface area contributed by atoms with Gasteiger partial charge in [0.05, 0.1) is 13.5 Å². The number of rotatable bonds is 1. The molecule has 1 unspecified atom stereocenters. The third kappa shape index (κ3) is 1.66. The molecule has 0 amide bonds. The van der Waals surface area contributed by atoms with Crippen LogP contribution in [-0.2, 0) is 16.0 Å². The Morgan fingerprint density at radius 3 is 3.07 bits per heavy atom. The maximum atomic E-state index is 11.3. The van der Waals surface area contributed by atoms with Crippen molar-refractivity contribution < 1.29 is 19.4 Å². The normalized spacial score (nSPS) is 23.1. The van der Waals surface area contributed by atoms with Gasteiger partial charge in [0, 0.05) is 10.6 Å². The molecule has 1 aliphatic rings. The summed E-state index contributed by atoms with van der Waals surface area (Å²) in [6.07, 6.45) is 0.0512. The monoisotopic (exact) mass is 228 g/mol. The van der Waals surface area contributed by atoms with E-state index in [2.05, 4.69) is 4.74 Å². The van der Waals surface area contributed by atoms with E-state index in [0.717, 1.165) is 0 Å². The molecule has 0 aliphatic carbocycles. The van der Waals surface area contributed by atoms with E-state index in [0.29, 0.717) is 16.3 Å². The average molecular weight is 229 g/mol. The summed E-state index contributed by atoms with van der Waals surface area (Å²) in [6, 6.07) is 4.89. The van der Waals surface area contributed by atoms with Crippen LogP contribution in [0.25, 0.3) is 0 Å². The minimum atomic E-state index is -1.91. The van der Waals surface area contributed by atoms with E-state index in [-0.39, 0.29) is 6.42 Å². The SMILES string of the molecule is COC(=O)C1(O)Cc2cc(Cl)ccc2O1. The minimum Gasteiger partial charge on any atom is -0.464 e. The molecule has 1 N–H and O–H groups in total. The number of carbonyl (C=O) groups excluding carboxylic acids is 1. The summed E-state index contributed by atoms with van der Waals surface area (Å²) in [6.45, 7) is 0. The number of hydrogen-bond donors (Lipinski definition) is 1. The lowest BCUT2D eigenvalue weighted by atomic mass is 10.1. The lowest BCUT2D eigenvalue weighted by Gasteiger charge is -2.18. The molecule has 0 fully saturated rings. The van der Waals surface area contributed by atoms with Gasteiger partial charge < -0.3 is 14.6 Å². The largest absolute Gasteiger partial charge is 0.464 e. The number of ether oxygens (including phenoxy) is 2. The Bertz CT molecular complexity index is 418. The summed E-state index contributed by atoms with van der Waals surface area (Å²) in [5.41, 5.74) is 0.690. The second kappa shape index (κ2) is 3.40. The molecule has 5 heteroatoms. The molecule has 4 nitrogen and oxygen atoms in total. The zero-order chi connectivity index (χ0) is 11.1. The summed E-state index contributed by atoms with van der Waals surface area (Å²) in [5.74, 6) is -2.27. The van der Waals surface area contributed by atoms with Crippen molar-refractivity contribution in [1.29, 1.82) is 0 Å². The highest BCUT2D eigenvalue weighted by molar-refractivity contribution is 6.30. The first-order valence-electron chi connectivity index (χ1n) is 4.33. The zero-order valence-electron chi connectivity index (χ0n) is 7.99. The first-order chi connectivity index (χ1) is 7.05. The van der Waals surface area contributed by atoms with E-state index in [4.69, 9.17) is 16.3 Å². The Hall–Kier alpha value is -1.26. The first-order valence-corrected chi connectivity index (χ1v) is 4.71. The molecule has 15 heavy (non-hydrogen) atoms. The molecule has 1 aromatic carbocycles. The summed E-state index contributed by atoms with van der Waals surface area (Å²) in [4.78, 5) is 11.3. The molecule has 1 heterocycles. The van der Waals surface area contributed by atoms with E-state index in [1.54, 1.807) is 18.2 Å². The minimum absolute atomic E-state index is 0.0512. The summed E-state index contributed by atoms with van der Waals surface area (Å²) in [7, 11) is 1.19. The topological polar surface area (TPSA) is 55.8 Å². The number of benzene rings is 1. The van der Waals surface area contributed by atoms with Crippen LogP contribution in [0.15, 0.2) is 18.2 Å². The molecule has 0 bridgehead atoms. The van der Waals surface area contributed by atoms with Gasteiger partial charge in [-0.1, -0.05) is 11.6 Å². The van der Waals surface area contributed by atoms with Crippen molar-refractivity contribution >= 4 is 17.6 Å². The van der Waals surface area contributed by atoms with E-state index in [9.17, 15) is 9.90 Å². The van der Waals surface area contributed by atoms with Gasteiger partial charge in [-0.15, -0.1) is 0 Å². The quantitative estimate of drug-likeness (QED) is 0.733. The summed E-state index contributed by atoms with van der Waals surface area (Å²) in [5, 5.41) is 10.4. The van der Waals surface area contributed by atoms with Gasteiger partial charge >= 0.3 is 11.8 Å². The number of esters is 1. The third-order valence-electron chi connectivity index (χ3n) is 2.24. The molecule has 80 valence electrons. The van der Waals surface area contributed by atoms with E-state index < -0.39 is 11.8 Å². The number of methoxy groups -OCH3 is 1. The van der Waals surface area contributed by atoms with Crippen molar-refractivity contribution in [3.8, 4) is 5.75 Å². The number of halogens is 1. The van der Waals surface area contributed by atoms with Crippen molar-refractivity contribution in [2.45, 2.75) is 12.2 Å². The van der Waals surface area contributed by atoms with Crippen molar-refractivity contribution in [3.63, 3.8) is 0 Å². The van der Waals surface area contributed by atoms with Crippen LogP contribution in [0.5, 0.6) is 5.75 Å². The van der Waals surface area contributed by atoms with Crippen LogP contribution in [0, 0.1) is 0 Å². The van der Waals surface area contributed by atoms with Gasteiger partial charge in [-0.25, -0.2) is 4.79 Å². The summed E-state index contributed by atoms with van der Waals surface area (Å²) >= 11 is 5.78. The molecule has 1 aliphatic heterocycles. The fourth-order valence-electron chi connectivity index (χ4n) is 1.54. The van der Waals surface area contributed by atoms with Crippen molar-refractivity contribution in [2.75, 3.05) is 7.11 Å². The number of aliphatic hydroxyl groups is 1. The number of carbonyl (C=O) groups is 1. The van der Waals surface area contributed by atoms with Gasteiger partial charge in [0.2, 0.25) is 0 Å². The molecule has 0 saturated heterocycles. The van der Waals surface area contributed by atoms with Gasteiger partial charge in [0.1, 0.15) is 5.75 Å². The second-order valence-corrected chi connectivity index (χ2v) is 3.74.